The second-order valence-electron chi connectivity index (χ2n) is 24.2. The molecular formula is C71H137NO5. The molecule has 2 atom stereocenters. The summed E-state index contributed by atoms with van der Waals surface area (Å²) in [5.74, 6) is -0.0229. The fraction of sp³-hybridized carbons (Fsp3) is 0.915. The second-order valence-corrected chi connectivity index (χ2v) is 24.2. The van der Waals surface area contributed by atoms with Gasteiger partial charge in [-0.3, -0.25) is 9.59 Å². The Balaban J connectivity index is 3.34. The molecule has 0 unspecified atom stereocenters. The molecular weight excluding hydrogens is 947 g/mol. The van der Waals surface area contributed by atoms with Gasteiger partial charge in [0.25, 0.3) is 0 Å². The van der Waals surface area contributed by atoms with E-state index in [1.54, 1.807) is 0 Å². The van der Waals surface area contributed by atoms with Gasteiger partial charge in [0.15, 0.2) is 0 Å². The van der Waals surface area contributed by atoms with E-state index in [0.717, 1.165) is 51.4 Å². The van der Waals surface area contributed by atoms with Crippen molar-refractivity contribution >= 4 is 11.9 Å². The van der Waals surface area contributed by atoms with Gasteiger partial charge in [0.05, 0.1) is 25.4 Å². The lowest BCUT2D eigenvalue weighted by molar-refractivity contribution is -0.143. The molecule has 0 saturated carbocycles. The molecule has 0 aliphatic heterocycles. The average molecular weight is 1080 g/mol. The highest BCUT2D eigenvalue weighted by Gasteiger charge is 2.20. The fourth-order valence-corrected chi connectivity index (χ4v) is 11.1. The molecule has 456 valence electrons. The molecule has 0 aromatic carbocycles. The van der Waals surface area contributed by atoms with Crippen LogP contribution in [0.1, 0.15) is 393 Å². The molecule has 6 heteroatoms. The Bertz CT molecular complexity index is 1200. The number of ether oxygens (including phenoxy) is 1. The summed E-state index contributed by atoms with van der Waals surface area (Å²) in [6, 6.07) is -0.539. The highest BCUT2D eigenvalue weighted by atomic mass is 16.5. The Kier molecular flexibility index (Phi) is 65.4. The Morgan fingerprint density at radius 1 is 0.364 bits per heavy atom. The summed E-state index contributed by atoms with van der Waals surface area (Å²) in [6.45, 7) is 4.96. The van der Waals surface area contributed by atoms with Crippen molar-refractivity contribution in [3.05, 3.63) is 24.3 Å². The van der Waals surface area contributed by atoms with E-state index in [0.29, 0.717) is 25.9 Å². The van der Waals surface area contributed by atoms with E-state index < -0.39 is 12.1 Å². The third-order valence-corrected chi connectivity index (χ3v) is 16.5. The summed E-state index contributed by atoms with van der Waals surface area (Å²) in [5.41, 5.74) is 0. The van der Waals surface area contributed by atoms with Gasteiger partial charge in [0.1, 0.15) is 0 Å². The summed E-state index contributed by atoms with van der Waals surface area (Å²) >= 11 is 0. The third-order valence-electron chi connectivity index (χ3n) is 16.5. The normalized spacial score (nSPS) is 12.6. The summed E-state index contributed by atoms with van der Waals surface area (Å²) in [5, 5.41) is 23.4. The van der Waals surface area contributed by atoms with Gasteiger partial charge in [-0.25, -0.2) is 0 Å². The van der Waals surface area contributed by atoms with Crippen LogP contribution in [0.4, 0.5) is 0 Å². The Morgan fingerprint density at radius 3 is 1.01 bits per heavy atom. The quantitative estimate of drug-likeness (QED) is 0.0320. The number of esters is 1. The number of hydrogen-bond donors (Lipinski definition) is 3. The lowest BCUT2D eigenvalue weighted by atomic mass is 10.0. The molecule has 6 nitrogen and oxygen atoms in total. The number of allylic oxidation sites excluding steroid dienone is 4. The van der Waals surface area contributed by atoms with Gasteiger partial charge < -0.3 is 20.3 Å². The van der Waals surface area contributed by atoms with Gasteiger partial charge in [-0.2, -0.15) is 0 Å². The number of amides is 1. The molecule has 0 heterocycles. The number of carbonyl (C=O) groups is 2. The molecule has 0 aliphatic carbocycles. The van der Waals surface area contributed by atoms with E-state index in [2.05, 4.69) is 43.5 Å². The SMILES string of the molecule is CCCCC/C=C\C/C=C\CCCCCCCC(=O)OCCCCCCCCCCCCCCCCCCCCCCCCCCCCCCC(=O)N[C@@H](CO)[C@H](O)CCCCCCCCCCCCCCCCCCC. The minimum Gasteiger partial charge on any atom is -0.466 e. The standard InChI is InChI=1S/C71H137NO5/c1-3-5-7-9-11-13-15-17-19-32-36-39-43-47-51-55-59-63-69(74)68(67-73)72-70(75)64-60-56-52-48-44-40-37-33-30-28-26-24-22-20-21-23-25-27-29-31-34-38-42-46-50-54-58-62-66-77-71(76)65-61-57-53-49-45-41-35-18-16-14-12-10-8-6-4-2/h12,14,18,35,68-69,73-74H,3-11,13,15-17,19-34,36-67H2,1-2H3,(H,72,75)/b14-12-,35-18-/t68-,69+/m0/s1. The van der Waals surface area contributed by atoms with Gasteiger partial charge in [-0.1, -0.05) is 346 Å². The molecule has 0 radical (unpaired) electrons. The number of rotatable bonds is 66. The smallest absolute Gasteiger partial charge is 0.305 e. The van der Waals surface area contributed by atoms with Crippen LogP contribution in [0.2, 0.25) is 0 Å². The first-order valence-electron chi connectivity index (χ1n) is 35.1. The van der Waals surface area contributed by atoms with Crippen molar-refractivity contribution in [2.75, 3.05) is 13.2 Å². The first-order valence-corrected chi connectivity index (χ1v) is 35.1. The molecule has 0 aromatic rings. The predicted molar refractivity (Wildman–Crippen MR) is 338 cm³/mol. The number of nitrogens with one attached hydrogen (secondary N) is 1. The molecule has 0 aliphatic rings. The summed E-state index contributed by atoms with van der Waals surface area (Å²) < 4.78 is 5.49. The van der Waals surface area contributed by atoms with E-state index in [1.807, 2.05) is 0 Å². The van der Waals surface area contributed by atoms with E-state index in [1.165, 1.54) is 308 Å². The topological polar surface area (TPSA) is 95.9 Å². The van der Waals surface area contributed by atoms with Crippen molar-refractivity contribution < 1.29 is 24.5 Å². The zero-order valence-corrected chi connectivity index (χ0v) is 52.2. The van der Waals surface area contributed by atoms with E-state index >= 15 is 0 Å². The molecule has 0 spiro atoms. The summed E-state index contributed by atoms with van der Waals surface area (Å²) in [4.78, 5) is 24.6. The molecule has 0 rings (SSSR count). The van der Waals surface area contributed by atoms with Gasteiger partial charge in [-0.15, -0.1) is 0 Å². The van der Waals surface area contributed by atoms with E-state index in [-0.39, 0.29) is 18.5 Å². The van der Waals surface area contributed by atoms with Gasteiger partial charge in [-0.05, 0) is 57.8 Å². The van der Waals surface area contributed by atoms with Crippen molar-refractivity contribution in [1.82, 2.24) is 5.32 Å². The average Bonchev–Trinajstić information content (AvgIpc) is 3.43. The maximum Gasteiger partial charge on any atom is 0.305 e. The minimum atomic E-state index is -0.662. The van der Waals surface area contributed by atoms with Gasteiger partial charge in [0.2, 0.25) is 5.91 Å². The monoisotopic (exact) mass is 1080 g/mol. The van der Waals surface area contributed by atoms with E-state index in [9.17, 15) is 19.8 Å². The molecule has 3 N–H and O–H groups in total. The molecule has 0 fully saturated rings. The van der Waals surface area contributed by atoms with Crippen LogP contribution >= 0.6 is 0 Å². The number of hydrogen-bond acceptors (Lipinski definition) is 5. The molecule has 0 aromatic heterocycles. The maximum atomic E-state index is 12.5. The van der Waals surface area contributed by atoms with E-state index in [4.69, 9.17) is 4.74 Å². The highest BCUT2D eigenvalue weighted by Crippen LogP contribution is 2.19. The number of unbranched alkanes of at least 4 members (excludes halogenated alkanes) is 51. The molecule has 0 bridgehead atoms. The van der Waals surface area contributed by atoms with Crippen LogP contribution in [0.25, 0.3) is 0 Å². The van der Waals surface area contributed by atoms with Crippen LogP contribution in [0, 0.1) is 0 Å². The van der Waals surface area contributed by atoms with Crippen molar-refractivity contribution in [3.8, 4) is 0 Å². The Hall–Kier alpha value is -1.66. The van der Waals surface area contributed by atoms with Gasteiger partial charge >= 0.3 is 5.97 Å². The fourth-order valence-electron chi connectivity index (χ4n) is 11.1. The lowest BCUT2D eigenvalue weighted by Crippen LogP contribution is -2.45. The molecule has 0 saturated heterocycles. The largest absolute Gasteiger partial charge is 0.466 e. The van der Waals surface area contributed by atoms with Crippen LogP contribution in [0.3, 0.4) is 0 Å². The second kappa shape index (κ2) is 66.8. The summed E-state index contributed by atoms with van der Waals surface area (Å²) in [7, 11) is 0. The van der Waals surface area contributed by atoms with Crippen molar-refractivity contribution in [3.63, 3.8) is 0 Å². The maximum absolute atomic E-state index is 12.5. The zero-order chi connectivity index (χ0) is 55.7. The number of aliphatic hydroxyl groups excluding tert-OH is 2. The molecule has 1 amide bonds. The Morgan fingerprint density at radius 2 is 0.649 bits per heavy atom. The summed E-state index contributed by atoms with van der Waals surface area (Å²) in [6.07, 6.45) is 83.7. The lowest BCUT2D eigenvalue weighted by Gasteiger charge is -2.22. The molecule has 77 heavy (non-hydrogen) atoms. The first-order chi connectivity index (χ1) is 38.0. The van der Waals surface area contributed by atoms with Crippen molar-refractivity contribution in [2.45, 2.75) is 405 Å². The van der Waals surface area contributed by atoms with Gasteiger partial charge in [0, 0.05) is 12.8 Å². The minimum absolute atomic E-state index is 0.00542. The van der Waals surface area contributed by atoms with Crippen LogP contribution in [0.15, 0.2) is 24.3 Å². The van der Waals surface area contributed by atoms with Crippen LogP contribution < -0.4 is 5.32 Å². The predicted octanol–water partition coefficient (Wildman–Crippen LogP) is 22.5. The first kappa shape index (κ1) is 75.3. The van der Waals surface area contributed by atoms with Crippen LogP contribution in [-0.4, -0.2) is 47.4 Å². The zero-order valence-electron chi connectivity index (χ0n) is 52.2. The Labute approximate surface area is 481 Å². The number of aliphatic hydroxyl groups is 2. The highest BCUT2D eigenvalue weighted by molar-refractivity contribution is 5.76. The van der Waals surface area contributed by atoms with Crippen molar-refractivity contribution in [1.29, 1.82) is 0 Å². The van der Waals surface area contributed by atoms with Crippen LogP contribution in [-0.2, 0) is 14.3 Å². The van der Waals surface area contributed by atoms with Crippen LogP contribution in [0.5, 0.6) is 0 Å². The third kappa shape index (κ3) is 63.4. The van der Waals surface area contributed by atoms with Crippen molar-refractivity contribution in [2.24, 2.45) is 0 Å². The number of carbonyl (C=O) groups excluding carboxylic acids is 2.